The summed E-state index contributed by atoms with van der Waals surface area (Å²) in [6, 6.07) is -0.851. The van der Waals surface area contributed by atoms with Crippen molar-refractivity contribution in [1.29, 1.82) is 0 Å². The maximum absolute atomic E-state index is 11.3. The first-order valence-corrected chi connectivity index (χ1v) is 4.27. The van der Waals surface area contributed by atoms with Gasteiger partial charge in [-0.2, -0.15) is 0 Å². The molecular formula is C8H11N3O4. The smallest absolute Gasteiger partial charge is 0.303 e. The number of carboxylic acids is 1. The highest BCUT2D eigenvalue weighted by Gasteiger charge is 2.15. The highest BCUT2D eigenvalue weighted by Crippen LogP contribution is 2.05. The Balaban J connectivity index is 2.36. The van der Waals surface area contributed by atoms with Gasteiger partial charge in [-0.1, -0.05) is 5.16 Å². The standard InChI is InChI=1S/C8H11N3O4/c9-6(1-2-7(12)13)8(14)11-5-3-10-15-4-5/h3-4,6H,1-2,9H2,(H,11,14)(H,12,13). The molecule has 7 heteroatoms. The molecular weight excluding hydrogens is 202 g/mol. The predicted molar refractivity (Wildman–Crippen MR) is 50.0 cm³/mol. The number of carbonyl (C=O) groups is 2. The molecule has 0 fully saturated rings. The molecule has 0 spiro atoms. The minimum atomic E-state index is -0.983. The molecule has 1 atom stereocenters. The average molecular weight is 213 g/mol. The van der Waals surface area contributed by atoms with E-state index in [2.05, 4.69) is 15.0 Å². The molecule has 1 aromatic heterocycles. The van der Waals surface area contributed by atoms with Crippen molar-refractivity contribution in [2.75, 3.05) is 5.32 Å². The lowest BCUT2D eigenvalue weighted by atomic mass is 10.1. The second-order valence-electron chi connectivity index (χ2n) is 2.94. The zero-order chi connectivity index (χ0) is 11.3. The number of aromatic nitrogens is 1. The number of anilines is 1. The first kappa shape index (κ1) is 11.2. The van der Waals surface area contributed by atoms with Gasteiger partial charge in [-0.05, 0) is 6.42 Å². The fourth-order valence-electron chi connectivity index (χ4n) is 0.912. The number of rotatable bonds is 5. The van der Waals surface area contributed by atoms with Gasteiger partial charge in [0.15, 0.2) is 0 Å². The van der Waals surface area contributed by atoms with Crippen molar-refractivity contribution in [2.45, 2.75) is 18.9 Å². The molecule has 0 radical (unpaired) electrons. The summed E-state index contributed by atoms with van der Waals surface area (Å²) < 4.78 is 4.49. The molecule has 0 saturated heterocycles. The van der Waals surface area contributed by atoms with Gasteiger partial charge in [0.05, 0.1) is 12.2 Å². The number of hydrogen-bond donors (Lipinski definition) is 3. The Morgan fingerprint density at radius 3 is 2.93 bits per heavy atom. The summed E-state index contributed by atoms with van der Waals surface area (Å²) in [5.74, 6) is -1.44. The average Bonchev–Trinajstić information content (AvgIpc) is 2.66. The van der Waals surface area contributed by atoms with Gasteiger partial charge in [-0.3, -0.25) is 9.59 Å². The number of carbonyl (C=O) groups excluding carboxylic acids is 1. The number of nitrogens with zero attached hydrogens (tertiary/aromatic N) is 1. The molecule has 1 heterocycles. The lowest BCUT2D eigenvalue weighted by Crippen LogP contribution is -2.35. The van der Waals surface area contributed by atoms with Crippen LogP contribution in [0.3, 0.4) is 0 Å². The topological polar surface area (TPSA) is 118 Å². The third-order valence-electron chi connectivity index (χ3n) is 1.71. The summed E-state index contributed by atoms with van der Waals surface area (Å²) in [6.45, 7) is 0. The van der Waals surface area contributed by atoms with E-state index in [1.54, 1.807) is 0 Å². The van der Waals surface area contributed by atoms with Crippen LogP contribution in [0.5, 0.6) is 0 Å². The molecule has 15 heavy (non-hydrogen) atoms. The molecule has 0 saturated carbocycles. The van der Waals surface area contributed by atoms with Crippen molar-refractivity contribution in [3.63, 3.8) is 0 Å². The largest absolute Gasteiger partial charge is 0.481 e. The van der Waals surface area contributed by atoms with Gasteiger partial charge in [-0.25, -0.2) is 0 Å². The Morgan fingerprint density at radius 2 is 2.40 bits per heavy atom. The zero-order valence-electron chi connectivity index (χ0n) is 7.84. The summed E-state index contributed by atoms with van der Waals surface area (Å²) >= 11 is 0. The van der Waals surface area contributed by atoms with E-state index in [-0.39, 0.29) is 12.8 Å². The molecule has 0 aliphatic carbocycles. The van der Waals surface area contributed by atoms with E-state index in [9.17, 15) is 9.59 Å². The van der Waals surface area contributed by atoms with Gasteiger partial charge in [0.2, 0.25) is 5.91 Å². The van der Waals surface area contributed by atoms with E-state index in [0.717, 1.165) is 0 Å². The van der Waals surface area contributed by atoms with Crippen LogP contribution in [0.4, 0.5) is 5.69 Å². The lowest BCUT2D eigenvalue weighted by molar-refractivity contribution is -0.137. The van der Waals surface area contributed by atoms with E-state index in [1.165, 1.54) is 12.5 Å². The SMILES string of the molecule is NC(CCC(=O)O)C(=O)Nc1cnoc1. The molecule has 82 valence electrons. The van der Waals surface area contributed by atoms with Crippen LogP contribution in [0.2, 0.25) is 0 Å². The van der Waals surface area contributed by atoms with Gasteiger partial charge in [-0.15, -0.1) is 0 Å². The molecule has 0 bridgehead atoms. The molecule has 1 rings (SSSR count). The van der Waals surface area contributed by atoms with Crippen molar-refractivity contribution in [1.82, 2.24) is 5.16 Å². The Hall–Kier alpha value is -1.89. The second-order valence-corrected chi connectivity index (χ2v) is 2.94. The summed E-state index contributed by atoms with van der Waals surface area (Å²) in [5.41, 5.74) is 5.85. The first-order chi connectivity index (χ1) is 7.09. The van der Waals surface area contributed by atoms with Crippen LogP contribution < -0.4 is 11.1 Å². The summed E-state index contributed by atoms with van der Waals surface area (Å²) in [5, 5.41) is 14.2. The van der Waals surface area contributed by atoms with Crippen LogP contribution in [0.25, 0.3) is 0 Å². The quantitative estimate of drug-likeness (QED) is 0.623. The number of hydrogen-bond acceptors (Lipinski definition) is 5. The van der Waals surface area contributed by atoms with E-state index >= 15 is 0 Å². The minimum absolute atomic E-state index is 0.0897. The normalized spacial score (nSPS) is 12.1. The molecule has 0 aliphatic rings. The Kier molecular flexibility index (Phi) is 3.81. The van der Waals surface area contributed by atoms with Crippen LogP contribution in [0, 0.1) is 0 Å². The van der Waals surface area contributed by atoms with Crippen molar-refractivity contribution in [3.05, 3.63) is 12.5 Å². The van der Waals surface area contributed by atoms with Crippen LogP contribution in [0.1, 0.15) is 12.8 Å². The lowest BCUT2D eigenvalue weighted by Gasteiger charge is -2.08. The van der Waals surface area contributed by atoms with Crippen molar-refractivity contribution in [3.8, 4) is 0 Å². The predicted octanol–water partition coefficient (Wildman–Crippen LogP) is -0.195. The van der Waals surface area contributed by atoms with Gasteiger partial charge >= 0.3 is 5.97 Å². The molecule has 0 aromatic carbocycles. The maximum atomic E-state index is 11.3. The number of nitrogens with two attached hydrogens (primary N) is 1. The van der Waals surface area contributed by atoms with E-state index < -0.39 is 17.9 Å². The Bertz CT molecular complexity index is 336. The fraction of sp³-hybridized carbons (Fsp3) is 0.375. The molecule has 1 aromatic rings. The summed E-state index contributed by atoms with van der Waals surface area (Å²) in [7, 11) is 0. The third-order valence-corrected chi connectivity index (χ3v) is 1.71. The van der Waals surface area contributed by atoms with E-state index in [0.29, 0.717) is 5.69 Å². The van der Waals surface area contributed by atoms with Crippen LogP contribution >= 0.6 is 0 Å². The first-order valence-electron chi connectivity index (χ1n) is 4.27. The monoisotopic (exact) mass is 213 g/mol. The summed E-state index contributed by atoms with van der Waals surface area (Å²) in [6.07, 6.45) is 2.52. The highest BCUT2D eigenvalue weighted by atomic mass is 16.5. The number of carboxylic acid groups (broad SMARTS) is 1. The Labute approximate surface area is 85.2 Å². The van der Waals surface area contributed by atoms with Crippen molar-refractivity contribution < 1.29 is 19.2 Å². The molecule has 1 amide bonds. The number of aliphatic carboxylic acids is 1. The van der Waals surface area contributed by atoms with Gasteiger partial charge in [0, 0.05) is 6.42 Å². The van der Waals surface area contributed by atoms with Crippen molar-refractivity contribution in [2.24, 2.45) is 5.73 Å². The maximum Gasteiger partial charge on any atom is 0.303 e. The van der Waals surface area contributed by atoms with Crippen molar-refractivity contribution >= 4 is 17.6 Å². The molecule has 1 unspecified atom stereocenters. The molecule has 0 aliphatic heterocycles. The second kappa shape index (κ2) is 5.11. The third kappa shape index (κ3) is 3.77. The van der Waals surface area contributed by atoms with Crippen LogP contribution in [0.15, 0.2) is 17.0 Å². The highest BCUT2D eigenvalue weighted by molar-refractivity contribution is 5.94. The zero-order valence-corrected chi connectivity index (χ0v) is 7.84. The fourth-order valence-corrected chi connectivity index (χ4v) is 0.912. The Morgan fingerprint density at radius 1 is 1.67 bits per heavy atom. The number of nitrogens with one attached hydrogen (secondary N) is 1. The minimum Gasteiger partial charge on any atom is -0.481 e. The van der Waals surface area contributed by atoms with Crippen LogP contribution in [-0.2, 0) is 9.59 Å². The van der Waals surface area contributed by atoms with Gasteiger partial charge in [0.25, 0.3) is 0 Å². The molecule has 7 nitrogen and oxygen atoms in total. The van der Waals surface area contributed by atoms with Gasteiger partial charge < -0.3 is 20.7 Å². The molecule has 4 N–H and O–H groups in total. The van der Waals surface area contributed by atoms with Crippen LogP contribution in [-0.4, -0.2) is 28.2 Å². The van der Waals surface area contributed by atoms with E-state index in [4.69, 9.17) is 10.8 Å². The number of amides is 1. The summed E-state index contributed by atoms with van der Waals surface area (Å²) in [4.78, 5) is 21.6. The van der Waals surface area contributed by atoms with Gasteiger partial charge in [0.1, 0.15) is 12.0 Å². The van der Waals surface area contributed by atoms with E-state index in [1.807, 2.05) is 0 Å².